The molecule has 1 N–H and O–H groups in total. The Morgan fingerprint density at radius 3 is 2.16 bits per heavy atom. The second-order valence-corrected chi connectivity index (χ2v) is 7.37. The van der Waals surface area contributed by atoms with Gasteiger partial charge in [-0.3, -0.25) is 9.59 Å². The normalized spacial score (nSPS) is 12.1. The first kappa shape index (κ1) is 23.8. The van der Waals surface area contributed by atoms with Crippen LogP contribution >= 0.6 is 0 Å². The molecular weight excluding hydrogens is 392 g/mol. The SMILES string of the molecule is CC(=O)c1ccc(/C=N\N=C(\C)COCC(=O)NN=Cc2ccc(C(C)C)cc2)cc1. The van der Waals surface area contributed by atoms with Gasteiger partial charge in [-0.05, 0) is 36.5 Å². The highest BCUT2D eigenvalue weighted by Gasteiger charge is 2.01. The second-order valence-electron chi connectivity index (χ2n) is 7.37. The molecule has 0 fully saturated rings. The van der Waals surface area contributed by atoms with E-state index in [0.29, 0.717) is 17.2 Å². The molecular formula is C24H28N4O3. The number of carbonyl (C=O) groups excluding carboxylic acids is 2. The maximum Gasteiger partial charge on any atom is 0.266 e. The van der Waals surface area contributed by atoms with Crippen LogP contribution in [0.15, 0.2) is 63.8 Å². The molecule has 0 aliphatic heterocycles. The fourth-order valence-corrected chi connectivity index (χ4v) is 2.50. The number of hydrogen-bond acceptors (Lipinski definition) is 6. The largest absolute Gasteiger partial charge is 0.366 e. The number of hydrazone groups is 1. The molecule has 0 bridgehead atoms. The lowest BCUT2D eigenvalue weighted by Gasteiger charge is -2.04. The third kappa shape index (κ3) is 8.84. The van der Waals surface area contributed by atoms with Crippen LogP contribution in [0.1, 0.15) is 60.7 Å². The van der Waals surface area contributed by atoms with Crippen molar-refractivity contribution in [2.24, 2.45) is 15.3 Å². The molecule has 0 unspecified atom stereocenters. The minimum atomic E-state index is -0.350. The van der Waals surface area contributed by atoms with Crippen LogP contribution in [0.5, 0.6) is 0 Å². The third-order valence-corrected chi connectivity index (χ3v) is 4.30. The number of nitrogens with zero attached hydrogens (tertiary/aromatic N) is 3. The molecule has 162 valence electrons. The van der Waals surface area contributed by atoms with Crippen molar-refractivity contribution < 1.29 is 14.3 Å². The zero-order valence-electron chi connectivity index (χ0n) is 18.3. The monoisotopic (exact) mass is 420 g/mol. The maximum atomic E-state index is 11.8. The first-order chi connectivity index (χ1) is 14.8. The van der Waals surface area contributed by atoms with Gasteiger partial charge in [-0.15, -0.1) is 0 Å². The summed E-state index contributed by atoms with van der Waals surface area (Å²) in [6.07, 6.45) is 3.18. The summed E-state index contributed by atoms with van der Waals surface area (Å²) < 4.78 is 5.32. The van der Waals surface area contributed by atoms with Crippen molar-refractivity contribution in [3.05, 3.63) is 70.8 Å². The van der Waals surface area contributed by atoms with Crippen LogP contribution in [0.25, 0.3) is 0 Å². The number of benzene rings is 2. The highest BCUT2D eigenvalue weighted by atomic mass is 16.5. The van der Waals surface area contributed by atoms with E-state index in [1.54, 1.807) is 43.6 Å². The molecule has 1 amide bonds. The summed E-state index contributed by atoms with van der Waals surface area (Å²) in [6.45, 7) is 7.59. The molecule has 7 heteroatoms. The van der Waals surface area contributed by atoms with Gasteiger partial charge in [0.25, 0.3) is 5.91 Å². The maximum absolute atomic E-state index is 11.8. The average Bonchev–Trinajstić information content (AvgIpc) is 2.74. The van der Waals surface area contributed by atoms with E-state index in [1.165, 1.54) is 12.5 Å². The minimum absolute atomic E-state index is 0.0181. The molecule has 0 atom stereocenters. The Morgan fingerprint density at radius 2 is 1.55 bits per heavy atom. The van der Waals surface area contributed by atoms with Gasteiger partial charge in [0, 0.05) is 5.56 Å². The van der Waals surface area contributed by atoms with Gasteiger partial charge in [0.1, 0.15) is 6.61 Å². The van der Waals surface area contributed by atoms with Gasteiger partial charge in [-0.2, -0.15) is 15.3 Å². The van der Waals surface area contributed by atoms with Crippen molar-refractivity contribution >= 4 is 29.8 Å². The summed E-state index contributed by atoms with van der Waals surface area (Å²) in [6, 6.07) is 15.1. The topological polar surface area (TPSA) is 92.5 Å². The molecule has 2 rings (SSSR count). The molecule has 2 aromatic rings. The Bertz CT molecular complexity index is 959. The number of ketones is 1. The van der Waals surface area contributed by atoms with Crippen LogP contribution in [0, 0.1) is 0 Å². The number of ether oxygens (including phenoxy) is 1. The van der Waals surface area contributed by atoms with Crippen LogP contribution in [0.4, 0.5) is 0 Å². The predicted molar refractivity (Wildman–Crippen MR) is 124 cm³/mol. The first-order valence-electron chi connectivity index (χ1n) is 10.0. The quantitative estimate of drug-likeness (QED) is 0.358. The highest BCUT2D eigenvalue weighted by molar-refractivity contribution is 5.95. The lowest BCUT2D eigenvalue weighted by atomic mass is 10.0. The predicted octanol–water partition coefficient (Wildman–Crippen LogP) is 3.97. The Balaban J connectivity index is 1.70. The molecule has 7 nitrogen and oxygen atoms in total. The molecule has 0 radical (unpaired) electrons. The summed E-state index contributed by atoms with van der Waals surface area (Å²) in [4.78, 5) is 23.0. The van der Waals surface area contributed by atoms with E-state index in [0.717, 1.165) is 11.1 Å². The van der Waals surface area contributed by atoms with E-state index >= 15 is 0 Å². The smallest absolute Gasteiger partial charge is 0.266 e. The van der Waals surface area contributed by atoms with E-state index in [2.05, 4.69) is 34.6 Å². The fraction of sp³-hybridized carbons (Fsp3) is 0.292. The number of nitrogens with one attached hydrogen (secondary N) is 1. The van der Waals surface area contributed by atoms with Crippen molar-refractivity contribution in [1.82, 2.24) is 5.43 Å². The van der Waals surface area contributed by atoms with Crippen LogP contribution < -0.4 is 5.43 Å². The van der Waals surface area contributed by atoms with Gasteiger partial charge in [0.05, 0.1) is 24.7 Å². The second kappa shape index (κ2) is 12.3. The van der Waals surface area contributed by atoms with Gasteiger partial charge >= 0.3 is 0 Å². The Hall–Kier alpha value is -3.45. The highest BCUT2D eigenvalue weighted by Crippen LogP contribution is 2.13. The van der Waals surface area contributed by atoms with E-state index < -0.39 is 0 Å². The number of rotatable bonds is 10. The third-order valence-electron chi connectivity index (χ3n) is 4.30. The first-order valence-corrected chi connectivity index (χ1v) is 10.0. The van der Waals surface area contributed by atoms with Crippen molar-refractivity contribution in [3.63, 3.8) is 0 Å². The van der Waals surface area contributed by atoms with Crippen molar-refractivity contribution in [3.8, 4) is 0 Å². The van der Waals surface area contributed by atoms with Crippen LogP contribution in [0.3, 0.4) is 0 Å². The molecule has 0 aliphatic rings. The van der Waals surface area contributed by atoms with Gasteiger partial charge in [0.15, 0.2) is 5.78 Å². The van der Waals surface area contributed by atoms with Crippen molar-refractivity contribution in [1.29, 1.82) is 0 Å². The Morgan fingerprint density at radius 1 is 0.935 bits per heavy atom. The molecule has 0 saturated heterocycles. The van der Waals surface area contributed by atoms with Gasteiger partial charge in [-0.25, -0.2) is 5.43 Å². The van der Waals surface area contributed by atoms with Gasteiger partial charge < -0.3 is 4.74 Å². The fourth-order valence-electron chi connectivity index (χ4n) is 2.50. The van der Waals surface area contributed by atoms with E-state index in [9.17, 15) is 9.59 Å². The molecule has 0 spiro atoms. The van der Waals surface area contributed by atoms with E-state index in [4.69, 9.17) is 4.74 Å². The lowest BCUT2D eigenvalue weighted by molar-refractivity contribution is -0.125. The number of carbonyl (C=O) groups is 2. The molecule has 0 saturated carbocycles. The Kier molecular flexibility index (Phi) is 9.45. The summed E-state index contributed by atoms with van der Waals surface area (Å²) in [5.41, 5.74) is 6.69. The van der Waals surface area contributed by atoms with Crippen LogP contribution in [-0.2, 0) is 9.53 Å². The summed E-state index contributed by atoms with van der Waals surface area (Å²) >= 11 is 0. The van der Waals surface area contributed by atoms with Gasteiger partial charge in [-0.1, -0.05) is 62.4 Å². The molecule has 0 aromatic heterocycles. The molecule has 0 heterocycles. The molecule has 31 heavy (non-hydrogen) atoms. The van der Waals surface area contributed by atoms with Crippen LogP contribution in [0.2, 0.25) is 0 Å². The lowest BCUT2D eigenvalue weighted by Crippen LogP contribution is -2.24. The molecule has 0 aliphatic carbocycles. The number of Topliss-reactive ketones (excluding diaryl/α,β-unsaturated/α-hetero) is 1. The van der Waals surface area contributed by atoms with Crippen LogP contribution in [-0.4, -0.2) is 43.0 Å². The average molecular weight is 421 g/mol. The zero-order valence-corrected chi connectivity index (χ0v) is 18.3. The van der Waals surface area contributed by atoms with Crippen molar-refractivity contribution in [2.75, 3.05) is 13.2 Å². The minimum Gasteiger partial charge on any atom is -0.366 e. The summed E-state index contributed by atoms with van der Waals surface area (Å²) in [5, 5.41) is 12.0. The molecule has 2 aromatic carbocycles. The van der Waals surface area contributed by atoms with Crippen molar-refractivity contribution in [2.45, 2.75) is 33.6 Å². The number of amides is 1. The van der Waals surface area contributed by atoms with Gasteiger partial charge in [0.2, 0.25) is 0 Å². The van der Waals surface area contributed by atoms with E-state index in [1.807, 2.05) is 24.3 Å². The number of hydrogen-bond donors (Lipinski definition) is 1. The standard InChI is InChI=1S/C24H28N4O3/c1-17(2)22-9-5-20(6-10-22)14-26-28-24(30)16-31-15-18(3)27-25-13-21-7-11-23(12-8-21)19(4)29/h5-14,17H,15-16H2,1-4H3,(H,28,30)/b25-13-,26-14?,27-18-. The summed E-state index contributed by atoms with van der Waals surface area (Å²) in [5.74, 6) is 0.140. The zero-order chi connectivity index (χ0) is 22.6. The van der Waals surface area contributed by atoms with E-state index in [-0.39, 0.29) is 24.9 Å². The summed E-state index contributed by atoms with van der Waals surface area (Å²) in [7, 11) is 0. The Labute approximate surface area is 182 Å².